The number of hydrogen-bond acceptors (Lipinski definition) is 3. The predicted molar refractivity (Wildman–Crippen MR) is 67.5 cm³/mol. The van der Waals surface area contributed by atoms with Crippen molar-refractivity contribution in [1.29, 1.82) is 0 Å². The first-order valence-electron chi connectivity index (χ1n) is 4.68. The van der Waals surface area contributed by atoms with Gasteiger partial charge in [0.05, 0.1) is 28.6 Å². The van der Waals surface area contributed by atoms with Crippen molar-refractivity contribution in [2.45, 2.75) is 6.54 Å². The van der Waals surface area contributed by atoms with E-state index in [0.29, 0.717) is 11.7 Å². The van der Waals surface area contributed by atoms with Crippen LogP contribution < -0.4 is 5.32 Å². The van der Waals surface area contributed by atoms with Gasteiger partial charge in [0.2, 0.25) is 0 Å². The van der Waals surface area contributed by atoms with E-state index in [4.69, 9.17) is 11.6 Å². The molecule has 84 valence electrons. The van der Waals surface area contributed by atoms with Crippen molar-refractivity contribution in [2.75, 3.05) is 5.32 Å². The number of aromatic nitrogens is 3. The van der Waals surface area contributed by atoms with Gasteiger partial charge in [0.25, 0.3) is 0 Å². The van der Waals surface area contributed by atoms with E-state index in [1.54, 1.807) is 12.4 Å². The van der Waals surface area contributed by atoms with Crippen LogP contribution in [-0.4, -0.2) is 14.8 Å². The SMILES string of the molecule is Cn1nccc1CNc1cnc(Cl)c(Br)c1. The summed E-state index contributed by atoms with van der Waals surface area (Å²) in [5, 5.41) is 7.80. The summed E-state index contributed by atoms with van der Waals surface area (Å²) in [5.41, 5.74) is 2.02. The number of halogens is 2. The van der Waals surface area contributed by atoms with Gasteiger partial charge in [-0.3, -0.25) is 4.68 Å². The molecule has 0 aromatic carbocycles. The average molecular weight is 302 g/mol. The lowest BCUT2D eigenvalue weighted by molar-refractivity contribution is 0.720. The molecule has 0 unspecified atom stereocenters. The average Bonchev–Trinajstić information content (AvgIpc) is 2.66. The van der Waals surface area contributed by atoms with Crippen LogP contribution in [-0.2, 0) is 13.6 Å². The second kappa shape index (κ2) is 4.84. The van der Waals surface area contributed by atoms with E-state index < -0.39 is 0 Å². The molecule has 0 spiro atoms. The summed E-state index contributed by atoms with van der Waals surface area (Å²) >= 11 is 9.13. The maximum absolute atomic E-state index is 5.81. The Labute approximate surface area is 107 Å². The summed E-state index contributed by atoms with van der Waals surface area (Å²) in [6, 6.07) is 3.86. The van der Waals surface area contributed by atoms with Crippen molar-refractivity contribution in [1.82, 2.24) is 14.8 Å². The number of nitrogens with zero attached hydrogens (tertiary/aromatic N) is 3. The molecule has 0 saturated carbocycles. The van der Waals surface area contributed by atoms with Crippen molar-refractivity contribution in [3.05, 3.63) is 39.8 Å². The smallest absolute Gasteiger partial charge is 0.143 e. The highest BCUT2D eigenvalue weighted by Crippen LogP contribution is 2.23. The van der Waals surface area contributed by atoms with Crippen molar-refractivity contribution < 1.29 is 0 Å². The van der Waals surface area contributed by atoms with Crippen LogP contribution in [0, 0.1) is 0 Å². The maximum atomic E-state index is 5.81. The summed E-state index contributed by atoms with van der Waals surface area (Å²) in [6.45, 7) is 0.701. The Morgan fingerprint density at radius 1 is 1.56 bits per heavy atom. The molecule has 0 aliphatic rings. The molecule has 0 amide bonds. The predicted octanol–water partition coefficient (Wildman–Crippen LogP) is 2.84. The van der Waals surface area contributed by atoms with Crippen molar-refractivity contribution in [2.24, 2.45) is 7.05 Å². The van der Waals surface area contributed by atoms with Gasteiger partial charge < -0.3 is 5.32 Å². The quantitative estimate of drug-likeness (QED) is 0.887. The van der Waals surface area contributed by atoms with E-state index in [0.717, 1.165) is 15.9 Å². The summed E-state index contributed by atoms with van der Waals surface area (Å²) in [4.78, 5) is 4.03. The second-order valence-corrected chi connectivity index (χ2v) is 4.51. The summed E-state index contributed by atoms with van der Waals surface area (Å²) < 4.78 is 2.61. The Bertz CT molecular complexity index is 497. The topological polar surface area (TPSA) is 42.7 Å². The van der Waals surface area contributed by atoms with Crippen LogP contribution in [0.3, 0.4) is 0 Å². The van der Waals surface area contributed by atoms with Crippen LogP contribution in [0.25, 0.3) is 0 Å². The van der Waals surface area contributed by atoms with E-state index in [2.05, 4.69) is 31.3 Å². The van der Waals surface area contributed by atoms with Gasteiger partial charge in [-0.1, -0.05) is 11.6 Å². The Morgan fingerprint density at radius 3 is 3.00 bits per heavy atom. The molecule has 4 nitrogen and oxygen atoms in total. The molecule has 0 saturated heterocycles. The highest BCUT2D eigenvalue weighted by Gasteiger charge is 2.01. The third kappa shape index (κ3) is 2.54. The van der Waals surface area contributed by atoms with Gasteiger partial charge in [-0.2, -0.15) is 5.10 Å². The highest BCUT2D eigenvalue weighted by atomic mass is 79.9. The fourth-order valence-electron chi connectivity index (χ4n) is 1.29. The highest BCUT2D eigenvalue weighted by molar-refractivity contribution is 9.10. The van der Waals surface area contributed by atoms with Gasteiger partial charge >= 0.3 is 0 Å². The zero-order valence-corrected chi connectivity index (χ0v) is 11.0. The molecular formula is C10H10BrClN4. The van der Waals surface area contributed by atoms with Gasteiger partial charge in [-0.25, -0.2) is 4.98 Å². The molecule has 0 atom stereocenters. The molecule has 2 aromatic heterocycles. The third-order valence-electron chi connectivity index (χ3n) is 2.19. The molecule has 0 bridgehead atoms. The standard InChI is InChI=1S/C10H10BrClN4/c1-16-8(2-3-15-16)6-13-7-4-9(11)10(12)14-5-7/h2-5,13H,6H2,1H3. The van der Waals surface area contributed by atoms with E-state index in [1.165, 1.54) is 0 Å². The minimum Gasteiger partial charge on any atom is -0.378 e. The first-order chi connectivity index (χ1) is 7.66. The normalized spacial score (nSPS) is 10.4. The molecule has 0 aliphatic carbocycles. The van der Waals surface area contributed by atoms with Gasteiger partial charge in [-0.15, -0.1) is 0 Å². The lowest BCUT2D eigenvalue weighted by atomic mass is 10.4. The van der Waals surface area contributed by atoms with Crippen LogP contribution in [0.1, 0.15) is 5.69 Å². The number of nitrogens with one attached hydrogen (secondary N) is 1. The van der Waals surface area contributed by atoms with Crippen LogP contribution >= 0.6 is 27.5 Å². The van der Waals surface area contributed by atoms with Crippen LogP contribution in [0.4, 0.5) is 5.69 Å². The Kier molecular flexibility index (Phi) is 3.46. The zero-order chi connectivity index (χ0) is 11.5. The Balaban J connectivity index is 2.05. The Morgan fingerprint density at radius 2 is 2.38 bits per heavy atom. The lowest BCUT2D eigenvalue weighted by Crippen LogP contribution is -2.05. The largest absolute Gasteiger partial charge is 0.378 e. The molecule has 2 heterocycles. The number of pyridine rings is 1. The number of aryl methyl sites for hydroxylation is 1. The molecule has 0 radical (unpaired) electrons. The third-order valence-corrected chi connectivity index (χ3v) is 3.33. The Hall–Kier alpha value is -1.07. The van der Waals surface area contributed by atoms with Crippen LogP contribution in [0.2, 0.25) is 5.15 Å². The second-order valence-electron chi connectivity index (χ2n) is 3.30. The summed E-state index contributed by atoms with van der Waals surface area (Å²) in [7, 11) is 1.91. The molecule has 0 aliphatic heterocycles. The first kappa shape index (κ1) is 11.4. The van der Waals surface area contributed by atoms with E-state index >= 15 is 0 Å². The van der Waals surface area contributed by atoms with Gasteiger partial charge in [-0.05, 0) is 28.1 Å². The molecule has 2 aromatic rings. The summed E-state index contributed by atoms with van der Waals surface area (Å²) in [6.07, 6.45) is 3.47. The minimum absolute atomic E-state index is 0.464. The number of anilines is 1. The van der Waals surface area contributed by atoms with Crippen molar-refractivity contribution in [3.8, 4) is 0 Å². The van der Waals surface area contributed by atoms with Crippen molar-refractivity contribution in [3.63, 3.8) is 0 Å². The van der Waals surface area contributed by atoms with Gasteiger partial charge in [0, 0.05) is 13.2 Å². The number of hydrogen-bond donors (Lipinski definition) is 1. The first-order valence-corrected chi connectivity index (χ1v) is 5.85. The molecule has 16 heavy (non-hydrogen) atoms. The zero-order valence-electron chi connectivity index (χ0n) is 8.61. The fourth-order valence-corrected chi connectivity index (χ4v) is 1.74. The number of rotatable bonds is 3. The van der Waals surface area contributed by atoms with Gasteiger partial charge in [0.1, 0.15) is 5.15 Å². The van der Waals surface area contributed by atoms with Crippen LogP contribution in [0.5, 0.6) is 0 Å². The van der Waals surface area contributed by atoms with E-state index in [-0.39, 0.29) is 0 Å². The van der Waals surface area contributed by atoms with Gasteiger partial charge in [0.15, 0.2) is 0 Å². The molecule has 1 N–H and O–H groups in total. The summed E-state index contributed by atoms with van der Waals surface area (Å²) in [5.74, 6) is 0. The monoisotopic (exact) mass is 300 g/mol. The van der Waals surface area contributed by atoms with Crippen molar-refractivity contribution >= 4 is 33.2 Å². The molecule has 2 rings (SSSR count). The molecular weight excluding hydrogens is 291 g/mol. The molecule has 6 heteroatoms. The van der Waals surface area contributed by atoms with E-state index in [9.17, 15) is 0 Å². The minimum atomic E-state index is 0.464. The van der Waals surface area contributed by atoms with Crippen LogP contribution in [0.15, 0.2) is 29.0 Å². The maximum Gasteiger partial charge on any atom is 0.143 e. The molecule has 0 fully saturated rings. The van der Waals surface area contributed by atoms with E-state index in [1.807, 2.05) is 23.9 Å². The fraction of sp³-hybridized carbons (Fsp3) is 0.200. The lowest BCUT2D eigenvalue weighted by Gasteiger charge is -2.07.